The lowest BCUT2D eigenvalue weighted by atomic mass is 10.2. The van der Waals surface area contributed by atoms with Crippen LogP contribution in [0.15, 0.2) is 34.6 Å². The molecule has 0 atom stereocenters. The van der Waals surface area contributed by atoms with Crippen LogP contribution in [0.4, 0.5) is 5.82 Å². The number of nitriles is 1. The molecule has 0 radical (unpaired) electrons. The van der Waals surface area contributed by atoms with Crippen molar-refractivity contribution in [3.05, 3.63) is 34.6 Å². The molecule has 100 valence electrons. The van der Waals surface area contributed by atoms with Gasteiger partial charge in [0.1, 0.15) is 17.5 Å². The van der Waals surface area contributed by atoms with Crippen molar-refractivity contribution in [2.24, 2.45) is 0 Å². The zero-order chi connectivity index (χ0) is 14.1. The van der Waals surface area contributed by atoms with Crippen molar-refractivity contribution in [1.29, 1.82) is 5.26 Å². The van der Waals surface area contributed by atoms with Gasteiger partial charge in [0.25, 0.3) is 5.91 Å². The molecule has 0 aliphatic carbocycles. The van der Waals surface area contributed by atoms with Crippen LogP contribution in [0.3, 0.4) is 0 Å². The molecular weight excluding hydrogens is 308 g/mol. The summed E-state index contributed by atoms with van der Waals surface area (Å²) in [6, 6.07) is 5.40. The first-order valence-electron chi connectivity index (χ1n) is 5.94. The number of rotatable bonds is 6. The van der Waals surface area contributed by atoms with Crippen molar-refractivity contribution < 1.29 is 4.79 Å². The van der Waals surface area contributed by atoms with Crippen LogP contribution in [0.1, 0.15) is 19.8 Å². The summed E-state index contributed by atoms with van der Waals surface area (Å²) in [4.78, 5) is 15.7. The van der Waals surface area contributed by atoms with Crippen molar-refractivity contribution >= 4 is 27.7 Å². The van der Waals surface area contributed by atoms with Crippen LogP contribution in [0, 0.1) is 11.3 Å². The molecule has 6 heteroatoms. The number of nitrogens with one attached hydrogen (secondary N) is 2. The number of carbonyl (C=O) groups excluding carboxylic acids is 1. The van der Waals surface area contributed by atoms with E-state index in [1.165, 1.54) is 6.20 Å². The lowest BCUT2D eigenvalue weighted by Gasteiger charge is -2.04. The first kappa shape index (κ1) is 15.2. The second-order valence-electron chi connectivity index (χ2n) is 3.78. The van der Waals surface area contributed by atoms with Crippen LogP contribution >= 0.6 is 15.9 Å². The minimum Gasteiger partial charge on any atom is -0.351 e. The lowest BCUT2D eigenvalue weighted by Crippen LogP contribution is -2.25. The minimum absolute atomic E-state index is 0.0258. The van der Waals surface area contributed by atoms with Crippen LogP contribution in [0.5, 0.6) is 0 Å². The van der Waals surface area contributed by atoms with E-state index in [4.69, 9.17) is 5.26 Å². The minimum atomic E-state index is -0.376. The summed E-state index contributed by atoms with van der Waals surface area (Å²) < 4.78 is 0.865. The number of aromatic nitrogens is 1. The van der Waals surface area contributed by atoms with Crippen molar-refractivity contribution in [2.75, 3.05) is 11.9 Å². The molecule has 0 aliphatic heterocycles. The van der Waals surface area contributed by atoms with Gasteiger partial charge in [-0.2, -0.15) is 5.26 Å². The number of nitrogens with zero attached hydrogens (tertiary/aromatic N) is 2. The van der Waals surface area contributed by atoms with E-state index < -0.39 is 0 Å². The molecule has 1 amide bonds. The lowest BCUT2D eigenvalue weighted by molar-refractivity contribution is -0.117. The molecule has 0 aromatic carbocycles. The molecule has 2 N–H and O–H groups in total. The Kier molecular flexibility index (Phi) is 6.61. The molecule has 1 rings (SSSR count). The highest BCUT2D eigenvalue weighted by atomic mass is 79.9. The van der Waals surface area contributed by atoms with E-state index in [1.54, 1.807) is 18.3 Å². The Balaban J connectivity index is 2.62. The van der Waals surface area contributed by atoms with Crippen LogP contribution < -0.4 is 10.6 Å². The van der Waals surface area contributed by atoms with E-state index in [0.717, 1.165) is 17.3 Å². The third-order valence-corrected chi connectivity index (χ3v) is 2.76. The summed E-state index contributed by atoms with van der Waals surface area (Å²) in [5.41, 5.74) is 0.0258. The summed E-state index contributed by atoms with van der Waals surface area (Å²) in [6.07, 6.45) is 4.86. The fourth-order valence-electron chi connectivity index (χ4n) is 1.25. The van der Waals surface area contributed by atoms with Gasteiger partial charge in [-0.1, -0.05) is 29.3 Å². The van der Waals surface area contributed by atoms with Gasteiger partial charge in [0.05, 0.1) is 0 Å². The van der Waals surface area contributed by atoms with E-state index in [-0.39, 0.29) is 11.5 Å². The highest BCUT2D eigenvalue weighted by Gasteiger charge is 2.07. The maximum atomic E-state index is 11.7. The van der Waals surface area contributed by atoms with Gasteiger partial charge in [-0.15, -0.1) is 0 Å². The van der Waals surface area contributed by atoms with Crippen molar-refractivity contribution in [2.45, 2.75) is 19.8 Å². The van der Waals surface area contributed by atoms with Gasteiger partial charge in [0.15, 0.2) is 0 Å². The molecular formula is C13H15BrN4O. The molecule has 0 saturated carbocycles. The molecule has 0 fully saturated rings. The number of carbonyl (C=O) groups is 1. The number of hydrogen-bond acceptors (Lipinski definition) is 4. The zero-order valence-corrected chi connectivity index (χ0v) is 12.2. The van der Waals surface area contributed by atoms with E-state index in [9.17, 15) is 4.79 Å². The molecule has 1 aromatic rings. The van der Waals surface area contributed by atoms with Crippen molar-refractivity contribution in [3.8, 4) is 6.07 Å². The van der Waals surface area contributed by atoms with Gasteiger partial charge in [-0.25, -0.2) is 4.98 Å². The fraction of sp³-hybridized carbons (Fsp3) is 0.308. The zero-order valence-electron chi connectivity index (χ0n) is 10.6. The molecule has 0 spiro atoms. The fourth-order valence-corrected chi connectivity index (χ4v) is 1.59. The molecule has 0 bridgehead atoms. The number of pyridine rings is 1. The highest BCUT2D eigenvalue weighted by Crippen LogP contribution is 2.12. The van der Waals surface area contributed by atoms with E-state index in [1.807, 2.05) is 13.0 Å². The topological polar surface area (TPSA) is 77.8 Å². The standard InChI is InChI=1S/C13H15BrN4O/c1-2-3-5-17-13(19)10(8-15)9-18-12-7-11(14)4-6-16-12/h4,6-7,9H,2-3,5H2,1H3,(H,16,18)(H,17,19)/b10-9-. The second kappa shape index (κ2) is 8.27. The SMILES string of the molecule is CCCCNC(=O)/C(C#N)=C\Nc1cc(Br)ccn1. The van der Waals surface area contributed by atoms with Crippen LogP contribution in [0.25, 0.3) is 0 Å². The molecule has 0 unspecified atom stereocenters. The Hall–Kier alpha value is -1.87. The number of hydrogen-bond donors (Lipinski definition) is 2. The number of amides is 1. The molecule has 5 nitrogen and oxygen atoms in total. The number of halogens is 1. The normalized spacial score (nSPS) is 10.7. The smallest absolute Gasteiger partial charge is 0.263 e. The molecule has 1 heterocycles. The van der Waals surface area contributed by atoms with E-state index >= 15 is 0 Å². The van der Waals surface area contributed by atoms with Crippen LogP contribution in [-0.2, 0) is 4.79 Å². The summed E-state index contributed by atoms with van der Waals surface area (Å²) >= 11 is 3.31. The Morgan fingerprint density at radius 3 is 3.05 bits per heavy atom. The summed E-state index contributed by atoms with van der Waals surface area (Å²) in [6.45, 7) is 2.61. The predicted molar refractivity (Wildman–Crippen MR) is 77.2 cm³/mol. The summed E-state index contributed by atoms with van der Waals surface area (Å²) in [5, 5.41) is 14.4. The summed E-state index contributed by atoms with van der Waals surface area (Å²) in [5.74, 6) is 0.182. The van der Waals surface area contributed by atoms with Gasteiger partial charge < -0.3 is 10.6 Å². The van der Waals surface area contributed by atoms with Gasteiger partial charge in [0.2, 0.25) is 0 Å². The Labute approximate surface area is 120 Å². The monoisotopic (exact) mass is 322 g/mol. The van der Waals surface area contributed by atoms with Gasteiger partial charge in [-0.05, 0) is 18.6 Å². The summed E-state index contributed by atoms with van der Waals surface area (Å²) in [7, 11) is 0. The number of anilines is 1. The Bertz CT molecular complexity index is 508. The first-order valence-corrected chi connectivity index (χ1v) is 6.73. The largest absolute Gasteiger partial charge is 0.351 e. The van der Waals surface area contributed by atoms with Crippen LogP contribution in [-0.4, -0.2) is 17.4 Å². The predicted octanol–water partition coefficient (Wildman–Crippen LogP) is 2.58. The Morgan fingerprint density at radius 2 is 2.42 bits per heavy atom. The quantitative estimate of drug-likeness (QED) is 0.479. The van der Waals surface area contributed by atoms with Crippen molar-refractivity contribution in [3.63, 3.8) is 0 Å². The highest BCUT2D eigenvalue weighted by molar-refractivity contribution is 9.10. The van der Waals surface area contributed by atoms with E-state index in [2.05, 4.69) is 31.5 Å². The third kappa shape index (κ3) is 5.53. The van der Waals surface area contributed by atoms with Crippen molar-refractivity contribution in [1.82, 2.24) is 10.3 Å². The first-order chi connectivity index (χ1) is 9.17. The molecule has 0 saturated heterocycles. The number of unbranched alkanes of at least 4 members (excludes halogenated alkanes) is 1. The molecule has 1 aromatic heterocycles. The Morgan fingerprint density at radius 1 is 1.63 bits per heavy atom. The molecule has 19 heavy (non-hydrogen) atoms. The maximum absolute atomic E-state index is 11.7. The van der Waals surface area contributed by atoms with Crippen LogP contribution in [0.2, 0.25) is 0 Å². The third-order valence-electron chi connectivity index (χ3n) is 2.27. The van der Waals surface area contributed by atoms with Gasteiger partial charge in [0, 0.05) is 23.4 Å². The van der Waals surface area contributed by atoms with Gasteiger partial charge >= 0.3 is 0 Å². The average Bonchev–Trinajstić information content (AvgIpc) is 2.40. The van der Waals surface area contributed by atoms with Gasteiger partial charge in [-0.3, -0.25) is 4.79 Å². The second-order valence-corrected chi connectivity index (χ2v) is 4.70. The molecule has 0 aliphatic rings. The maximum Gasteiger partial charge on any atom is 0.263 e. The average molecular weight is 323 g/mol. The van der Waals surface area contributed by atoms with E-state index in [0.29, 0.717) is 12.4 Å².